The Hall–Kier alpha value is -0.930. The lowest BCUT2D eigenvalue weighted by molar-refractivity contribution is 0.296. The topological polar surface area (TPSA) is 49.7 Å². The monoisotopic (exact) mass is 202 g/mol. The Labute approximate surface area is 81.5 Å². The Morgan fingerprint density at radius 1 is 1.46 bits per heavy atom. The molecule has 2 N–H and O–H groups in total. The van der Waals surface area contributed by atoms with Crippen molar-refractivity contribution < 1.29 is 14.9 Å². The number of aromatic hydroxyl groups is 1. The molecule has 0 aromatic heterocycles. The first kappa shape index (κ1) is 10.2. The van der Waals surface area contributed by atoms with Crippen LogP contribution in [0.25, 0.3) is 0 Å². The van der Waals surface area contributed by atoms with Crippen LogP contribution in [0.15, 0.2) is 12.1 Å². The van der Waals surface area contributed by atoms with Crippen molar-refractivity contribution in [1.29, 1.82) is 0 Å². The SMILES string of the molecule is COc1cc(Cl)cc(CCO)c1O. The molecule has 0 fully saturated rings. The molecule has 0 aliphatic heterocycles. The van der Waals surface area contributed by atoms with E-state index in [1.807, 2.05) is 0 Å². The number of halogens is 1. The quantitative estimate of drug-likeness (QED) is 0.783. The lowest BCUT2D eigenvalue weighted by Crippen LogP contribution is -1.93. The van der Waals surface area contributed by atoms with E-state index >= 15 is 0 Å². The molecule has 0 radical (unpaired) electrons. The first-order valence-electron chi connectivity index (χ1n) is 3.85. The zero-order valence-electron chi connectivity index (χ0n) is 7.25. The van der Waals surface area contributed by atoms with E-state index in [4.69, 9.17) is 21.4 Å². The molecule has 3 nitrogen and oxygen atoms in total. The summed E-state index contributed by atoms with van der Waals surface area (Å²) in [7, 11) is 1.45. The van der Waals surface area contributed by atoms with Gasteiger partial charge in [-0.05, 0) is 12.5 Å². The summed E-state index contributed by atoms with van der Waals surface area (Å²) in [6.45, 7) is -0.0307. The van der Waals surface area contributed by atoms with Crippen LogP contribution in [0.4, 0.5) is 0 Å². The molecule has 1 aromatic carbocycles. The number of rotatable bonds is 3. The Morgan fingerprint density at radius 2 is 2.15 bits per heavy atom. The Morgan fingerprint density at radius 3 is 2.69 bits per heavy atom. The third-order valence-electron chi connectivity index (χ3n) is 1.72. The highest BCUT2D eigenvalue weighted by atomic mass is 35.5. The summed E-state index contributed by atoms with van der Waals surface area (Å²) in [5.41, 5.74) is 0.590. The van der Waals surface area contributed by atoms with E-state index < -0.39 is 0 Å². The molecule has 1 aromatic rings. The van der Waals surface area contributed by atoms with Gasteiger partial charge in [0.15, 0.2) is 11.5 Å². The summed E-state index contributed by atoms with van der Waals surface area (Å²) in [6, 6.07) is 3.13. The van der Waals surface area contributed by atoms with Gasteiger partial charge in [0.1, 0.15) is 0 Å². The first-order chi connectivity index (χ1) is 6.19. The van der Waals surface area contributed by atoms with Gasteiger partial charge in [0.2, 0.25) is 0 Å². The van der Waals surface area contributed by atoms with Gasteiger partial charge in [-0.1, -0.05) is 11.6 Å². The summed E-state index contributed by atoms with van der Waals surface area (Å²) < 4.78 is 4.90. The number of hydrogen-bond acceptors (Lipinski definition) is 3. The third kappa shape index (κ3) is 2.26. The maximum atomic E-state index is 9.55. The second kappa shape index (κ2) is 4.35. The molecular formula is C9H11ClO3. The summed E-state index contributed by atoms with van der Waals surface area (Å²) >= 11 is 5.76. The van der Waals surface area contributed by atoms with Crippen LogP contribution in [-0.2, 0) is 6.42 Å². The van der Waals surface area contributed by atoms with Crippen molar-refractivity contribution in [3.8, 4) is 11.5 Å². The minimum Gasteiger partial charge on any atom is -0.504 e. The highest BCUT2D eigenvalue weighted by molar-refractivity contribution is 6.30. The van der Waals surface area contributed by atoms with Crippen LogP contribution in [0.3, 0.4) is 0 Å². The van der Waals surface area contributed by atoms with Gasteiger partial charge in [-0.2, -0.15) is 0 Å². The fourth-order valence-electron chi connectivity index (χ4n) is 1.09. The summed E-state index contributed by atoms with van der Waals surface area (Å²) in [4.78, 5) is 0. The molecule has 72 valence electrons. The average Bonchev–Trinajstić information content (AvgIpc) is 2.11. The number of phenolic OH excluding ortho intramolecular Hbond substituents is 1. The van der Waals surface area contributed by atoms with Crippen molar-refractivity contribution in [3.63, 3.8) is 0 Å². The largest absolute Gasteiger partial charge is 0.504 e. The van der Waals surface area contributed by atoms with Gasteiger partial charge >= 0.3 is 0 Å². The number of ether oxygens (including phenoxy) is 1. The lowest BCUT2D eigenvalue weighted by atomic mass is 10.1. The van der Waals surface area contributed by atoms with Crippen LogP contribution >= 0.6 is 11.6 Å². The zero-order chi connectivity index (χ0) is 9.84. The predicted molar refractivity (Wildman–Crippen MR) is 50.5 cm³/mol. The highest BCUT2D eigenvalue weighted by Gasteiger charge is 2.08. The van der Waals surface area contributed by atoms with Gasteiger partial charge in [-0.15, -0.1) is 0 Å². The van der Waals surface area contributed by atoms with Gasteiger partial charge in [0.05, 0.1) is 7.11 Å². The maximum Gasteiger partial charge on any atom is 0.162 e. The van der Waals surface area contributed by atoms with Crippen LogP contribution in [0, 0.1) is 0 Å². The smallest absolute Gasteiger partial charge is 0.162 e. The fraction of sp³-hybridized carbons (Fsp3) is 0.333. The first-order valence-corrected chi connectivity index (χ1v) is 4.23. The van der Waals surface area contributed by atoms with Gasteiger partial charge in [-0.25, -0.2) is 0 Å². The Kier molecular flexibility index (Phi) is 3.39. The number of hydrogen-bond donors (Lipinski definition) is 2. The number of aliphatic hydroxyl groups excluding tert-OH is 1. The van der Waals surface area contributed by atoms with Crippen molar-refractivity contribution in [2.45, 2.75) is 6.42 Å². The minimum absolute atomic E-state index is 0.0307. The van der Waals surface area contributed by atoms with Crippen molar-refractivity contribution in [2.24, 2.45) is 0 Å². The predicted octanol–water partition coefficient (Wildman–Crippen LogP) is 1.59. The molecule has 0 bridgehead atoms. The van der Waals surface area contributed by atoms with E-state index in [2.05, 4.69) is 0 Å². The molecule has 0 saturated carbocycles. The molecule has 0 heterocycles. The molecule has 0 amide bonds. The summed E-state index contributed by atoms with van der Waals surface area (Å²) in [5, 5.41) is 18.7. The normalized spacial score (nSPS) is 10.1. The van der Waals surface area contributed by atoms with Gasteiger partial charge < -0.3 is 14.9 Å². The molecule has 0 spiro atoms. The van der Waals surface area contributed by atoms with Gasteiger partial charge in [-0.3, -0.25) is 0 Å². The van der Waals surface area contributed by atoms with Crippen molar-refractivity contribution in [3.05, 3.63) is 22.7 Å². The summed E-state index contributed by atoms with van der Waals surface area (Å²) in [6.07, 6.45) is 0.364. The number of phenols is 1. The lowest BCUT2D eigenvalue weighted by Gasteiger charge is -2.08. The number of benzene rings is 1. The number of methoxy groups -OCH3 is 1. The molecule has 4 heteroatoms. The molecule has 0 unspecified atom stereocenters. The Balaban J connectivity index is 3.11. The van der Waals surface area contributed by atoms with Crippen LogP contribution in [0.2, 0.25) is 5.02 Å². The van der Waals surface area contributed by atoms with E-state index in [0.29, 0.717) is 22.8 Å². The molecular weight excluding hydrogens is 192 g/mol. The molecule has 0 aliphatic carbocycles. The van der Waals surface area contributed by atoms with E-state index in [0.717, 1.165) is 0 Å². The van der Waals surface area contributed by atoms with Crippen molar-refractivity contribution in [2.75, 3.05) is 13.7 Å². The molecule has 0 atom stereocenters. The molecule has 0 saturated heterocycles. The molecule has 13 heavy (non-hydrogen) atoms. The van der Waals surface area contributed by atoms with Crippen molar-refractivity contribution >= 4 is 11.6 Å². The second-order valence-electron chi connectivity index (χ2n) is 2.59. The van der Waals surface area contributed by atoms with Crippen LogP contribution < -0.4 is 4.74 Å². The zero-order valence-corrected chi connectivity index (χ0v) is 8.01. The summed E-state index contributed by atoms with van der Waals surface area (Å²) in [5.74, 6) is 0.372. The van der Waals surface area contributed by atoms with Crippen LogP contribution in [-0.4, -0.2) is 23.9 Å². The van der Waals surface area contributed by atoms with E-state index in [-0.39, 0.29) is 12.4 Å². The average molecular weight is 203 g/mol. The van der Waals surface area contributed by atoms with Crippen molar-refractivity contribution in [1.82, 2.24) is 0 Å². The Bertz CT molecular complexity index is 299. The highest BCUT2D eigenvalue weighted by Crippen LogP contribution is 2.33. The third-order valence-corrected chi connectivity index (χ3v) is 1.94. The van der Waals surface area contributed by atoms with Crippen LogP contribution in [0.5, 0.6) is 11.5 Å². The van der Waals surface area contributed by atoms with Gasteiger partial charge in [0.25, 0.3) is 0 Å². The van der Waals surface area contributed by atoms with E-state index in [1.165, 1.54) is 13.2 Å². The minimum atomic E-state index is -0.0307. The molecule has 1 rings (SSSR count). The van der Waals surface area contributed by atoms with E-state index in [9.17, 15) is 5.11 Å². The molecule has 0 aliphatic rings. The standard InChI is InChI=1S/C9H11ClO3/c1-13-8-5-7(10)4-6(2-3-11)9(8)12/h4-5,11-12H,2-3H2,1H3. The van der Waals surface area contributed by atoms with Crippen LogP contribution in [0.1, 0.15) is 5.56 Å². The van der Waals surface area contributed by atoms with Gasteiger partial charge in [0, 0.05) is 23.3 Å². The number of aliphatic hydroxyl groups is 1. The fourth-order valence-corrected chi connectivity index (χ4v) is 1.33. The second-order valence-corrected chi connectivity index (χ2v) is 3.03. The van der Waals surface area contributed by atoms with E-state index in [1.54, 1.807) is 6.07 Å². The maximum absolute atomic E-state index is 9.55.